The zero-order valence-electron chi connectivity index (χ0n) is 7.47. The van der Waals surface area contributed by atoms with Crippen molar-refractivity contribution in [3.05, 3.63) is 35.9 Å². The zero-order valence-corrected chi connectivity index (χ0v) is 7.47. The van der Waals surface area contributed by atoms with Crippen molar-refractivity contribution in [2.75, 3.05) is 6.54 Å². The van der Waals surface area contributed by atoms with Gasteiger partial charge in [-0.1, -0.05) is 37.3 Å². The molecule has 0 fully saturated rings. The highest BCUT2D eigenvalue weighted by atomic mass is 16.5. The Morgan fingerprint density at radius 2 is 2.08 bits per heavy atom. The first kappa shape index (κ1) is 9.89. The summed E-state index contributed by atoms with van der Waals surface area (Å²) in [6, 6.07) is 8.40. The molecule has 0 aromatic heterocycles. The summed E-state index contributed by atoms with van der Waals surface area (Å²) < 4.78 is 0. The molecule has 0 aliphatic rings. The van der Waals surface area contributed by atoms with E-state index in [1.165, 1.54) is 0 Å². The molecule has 0 bridgehead atoms. The second kappa shape index (κ2) is 4.74. The highest BCUT2D eigenvalue weighted by Gasteiger charge is 2.16. The van der Waals surface area contributed by atoms with Crippen LogP contribution in [0.4, 0.5) is 0 Å². The molecule has 0 aliphatic carbocycles. The summed E-state index contributed by atoms with van der Waals surface area (Å²) >= 11 is 0. The zero-order chi connectivity index (χ0) is 9.68. The van der Waals surface area contributed by atoms with Gasteiger partial charge in [0.1, 0.15) is 6.04 Å². The summed E-state index contributed by atoms with van der Waals surface area (Å²) in [5.41, 5.74) is 0.752. The lowest BCUT2D eigenvalue weighted by Gasteiger charge is -2.18. The molecule has 1 aromatic rings. The van der Waals surface area contributed by atoms with Crippen LogP contribution in [-0.4, -0.2) is 23.1 Å². The summed E-state index contributed by atoms with van der Waals surface area (Å²) in [6.07, 6.45) is 1.79. The molecule has 1 N–H and O–H groups in total. The van der Waals surface area contributed by atoms with Crippen LogP contribution in [0, 0.1) is 0 Å². The standard InChI is InChI=1S/C10H12NO2/c1-2-11(13)10(8-12)9-6-4-3-5-7-9/h3-7,10,13H,2H2,1H3. The maximum absolute atomic E-state index is 10.6. The van der Waals surface area contributed by atoms with E-state index < -0.39 is 6.04 Å². The van der Waals surface area contributed by atoms with E-state index in [4.69, 9.17) is 0 Å². The predicted molar refractivity (Wildman–Crippen MR) is 49.0 cm³/mol. The number of hydroxylamine groups is 2. The van der Waals surface area contributed by atoms with Crippen LogP contribution in [0.3, 0.4) is 0 Å². The highest BCUT2D eigenvalue weighted by molar-refractivity contribution is 5.61. The first-order valence-corrected chi connectivity index (χ1v) is 4.17. The Hall–Kier alpha value is -1.19. The molecule has 13 heavy (non-hydrogen) atoms. The van der Waals surface area contributed by atoms with E-state index in [1.807, 2.05) is 18.2 Å². The molecule has 1 rings (SSSR count). The van der Waals surface area contributed by atoms with Crippen LogP contribution in [0.5, 0.6) is 0 Å². The third kappa shape index (κ3) is 2.37. The second-order valence-corrected chi connectivity index (χ2v) is 2.69. The number of nitrogens with zero attached hydrogens (tertiary/aromatic N) is 1. The van der Waals surface area contributed by atoms with E-state index in [0.29, 0.717) is 6.54 Å². The maximum atomic E-state index is 10.6. The average Bonchev–Trinajstić information content (AvgIpc) is 2.20. The Kier molecular flexibility index (Phi) is 3.61. The summed E-state index contributed by atoms with van der Waals surface area (Å²) in [4.78, 5) is 10.6. The molecular weight excluding hydrogens is 166 g/mol. The number of carbonyl (C=O) groups excluding carboxylic acids is 1. The first-order chi connectivity index (χ1) is 6.29. The van der Waals surface area contributed by atoms with Crippen molar-refractivity contribution in [1.29, 1.82) is 0 Å². The van der Waals surface area contributed by atoms with Gasteiger partial charge in [-0.15, -0.1) is 0 Å². The summed E-state index contributed by atoms with van der Waals surface area (Å²) in [7, 11) is 0. The number of likely N-dealkylation sites (N-methyl/N-ethyl adjacent to an activating group) is 1. The molecule has 0 amide bonds. The van der Waals surface area contributed by atoms with E-state index in [9.17, 15) is 10.0 Å². The van der Waals surface area contributed by atoms with Gasteiger partial charge in [0.15, 0.2) is 0 Å². The Morgan fingerprint density at radius 3 is 2.54 bits per heavy atom. The van der Waals surface area contributed by atoms with Gasteiger partial charge in [0.05, 0.1) is 0 Å². The van der Waals surface area contributed by atoms with Gasteiger partial charge in [-0.05, 0) is 5.56 Å². The number of hydrogen-bond donors (Lipinski definition) is 1. The van der Waals surface area contributed by atoms with Crippen molar-refractivity contribution in [2.24, 2.45) is 0 Å². The Bertz CT molecular complexity index is 261. The molecule has 69 valence electrons. The molecule has 0 saturated heterocycles. The quantitative estimate of drug-likeness (QED) is 0.711. The minimum absolute atomic E-state index is 0.398. The summed E-state index contributed by atoms with van der Waals surface area (Å²) in [6.45, 7) is 2.17. The Balaban J connectivity index is 2.84. The van der Waals surface area contributed by atoms with Crippen LogP contribution in [0.15, 0.2) is 30.3 Å². The minimum atomic E-state index is -0.675. The Labute approximate surface area is 77.6 Å². The molecule has 0 saturated carbocycles. The average molecular weight is 178 g/mol. The van der Waals surface area contributed by atoms with E-state index >= 15 is 0 Å². The lowest BCUT2D eigenvalue weighted by atomic mass is 10.1. The second-order valence-electron chi connectivity index (χ2n) is 2.69. The molecule has 3 nitrogen and oxygen atoms in total. The smallest absolute Gasteiger partial charge is 0.224 e. The van der Waals surface area contributed by atoms with Crippen LogP contribution >= 0.6 is 0 Å². The number of benzene rings is 1. The van der Waals surface area contributed by atoms with Gasteiger partial charge in [-0.2, -0.15) is 5.06 Å². The topological polar surface area (TPSA) is 40.5 Å². The molecule has 0 spiro atoms. The van der Waals surface area contributed by atoms with Crippen molar-refractivity contribution in [3.63, 3.8) is 0 Å². The van der Waals surface area contributed by atoms with Crippen LogP contribution in [0.2, 0.25) is 0 Å². The third-order valence-electron chi connectivity index (χ3n) is 1.85. The molecule has 1 aromatic carbocycles. The summed E-state index contributed by atoms with van der Waals surface area (Å²) in [5, 5.41) is 10.3. The molecule has 0 heterocycles. The SMILES string of the molecule is CCN(O)C([C]=O)c1ccccc1. The normalized spacial score (nSPS) is 12.8. The van der Waals surface area contributed by atoms with Crippen LogP contribution < -0.4 is 0 Å². The fourth-order valence-electron chi connectivity index (χ4n) is 1.12. The molecule has 1 radical (unpaired) electrons. The van der Waals surface area contributed by atoms with E-state index in [1.54, 1.807) is 25.3 Å². The van der Waals surface area contributed by atoms with Crippen molar-refractivity contribution >= 4 is 6.29 Å². The van der Waals surface area contributed by atoms with Crippen molar-refractivity contribution in [2.45, 2.75) is 13.0 Å². The minimum Gasteiger partial charge on any atom is -0.313 e. The molecule has 0 aliphatic heterocycles. The van der Waals surface area contributed by atoms with Gasteiger partial charge in [0.2, 0.25) is 6.29 Å². The lowest BCUT2D eigenvalue weighted by molar-refractivity contribution is -0.105. The fraction of sp³-hybridized carbons (Fsp3) is 0.300. The van der Waals surface area contributed by atoms with E-state index in [2.05, 4.69) is 0 Å². The largest absolute Gasteiger partial charge is 0.313 e. The number of rotatable bonds is 4. The van der Waals surface area contributed by atoms with Crippen LogP contribution in [-0.2, 0) is 4.79 Å². The monoisotopic (exact) mass is 178 g/mol. The first-order valence-electron chi connectivity index (χ1n) is 4.17. The third-order valence-corrected chi connectivity index (χ3v) is 1.85. The van der Waals surface area contributed by atoms with Gasteiger partial charge in [-0.3, -0.25) is 4.79 Å². The number of hydrogen-bond acceptors (Lipinski definition) is 3. The molecule has 1 unspecified atom stereocenters. The van der Waals surface area contributed by atoms with Gasteiger partial charge < -0.3 is 5.21 Å². The maximum Gasteiger partial charge on any atom is 0.224 e. The van der Waals surface area contributed by atoms with Crippen molar-refractivity contribution < 1.29 is 10.0 Å². The molecular formula is C10H12NO2. The van der Waals surface area contributed by atoms with E-state index in [-0.39, 0.29) is 0 Å². The van der Waals surface area contributed by atoms with Gasteiger partial charge in [0.25, 0.3) is 0 Å². The van der Waals surface area contributed by atoms with Gasteiger partial charge >= 0.3 is 0 Å². The molecule has 1 atom stereocenters. The lowest BCUT2D eigenvalue weighted by Crippen LogP contribution is -2.25. The van der Waals surface area contributed by atoms with Crippen molar-refractivity contribution in [3.8, 4) is 0 Å². The predicted octanol–water partition coefficient (Wildman–Crippen LogP) is 1.55. The molecule has 3 heteroatoms. The van der Waals surface area contributed by atoms with Crippen LogP contribution in [0.1, 0.15) is 18.5 Å². The van der Waals surface area contributed by atoms with Gasteiger partial charge in [0, 0.05) is 6.54 Å². The van der Waals surface area contributed by atoms with Gasteiger partial charge in [-0.25, -0.2) is 0 Å². The van der Waals surface area contributed by atoms with Crippen molar-refractivity contribution in [1.82, 2.24) is 5.06 Å². The fourth-order valence-corrected chi connectivity index (χ4v) is 1.12. The summed E-state index contributed by atoms with van der Waals surface area (Å²) in [5.74, 6) is 0. The highest BCUT2D eigenvalue weighted by Crippen LogP contribution is 2.15. The Morgan fingerprint density at radius 1 is 1.46 bits per heavy atom. The van der Waals surface area contributed by atoms with E-state index in [0.717, 1.165) is 10.6 Å². The van der Waals surface area contributed by atoms with Crippen LogP contribution in [0.25, 0.3) is 0 Å².